The molecule has 0 aromatic carbocycles. The van der Waals surface area contributed by atoms with Crippen molar-refractivity contribution in [2.24, 2.45) is 5.73 Å². The van der Waals surface area contributed by atoms with E-state index in [-0.39, 0.29) is 5.97 Å². The van der Waals surface area contributed by atoms with Gasteiger partial charge in [0.05, 0.1) is 6.61 Å². The largest absolute Gasteiger partial charge is 0.465 e. The number of thioether (sulfide) groups is 1. The molecule has 2 N–H and O–H groups in total. The predicted molar refractivity (Wildman–Crippen MR) is 63.0 cm³/mol. The Morgan fingerprint density at radius 3 is 2.73 bits per heavy atom. The van der Waals surface area contributed by atoms with Gasteiger partial charge in [-0.1, -0.05) is 0 Å². The maximum absolute atomic E-state index is 11.1. The third-order valence-electron chi connectivity index (χ3n) is 1.67. The first-order valence-corrected chi connectivity index (χ1v) is 6.45. The van der Waals surface area contributed by atoms with Gasteiger partial charge < -0.3 is 15.2 Å². The Labute approximate surface area is 95.9 Å². The Morgan fingerprint density at radius 1 is 1.40 bits per heavy atom. The molecule has 0 radical (unpaired) electrons. The fourth-order valence-corrected chi connectivity index (χ4v) is 1.81. The first-order chi connectivity index (χ1) is 7.22. The lowest BCUT2D eigenvalue weighted by atomic mass is 10.4. The Balaban J connectivity index is 3.30. The summed E-state index contributed by atoms with van der Waals surface area (Å²) in [5.74, 6) is 1.27. The second kappa shape index (κ2) is 10.3. The number of carbonyl (C=O) groups excluding carboxylic acids is 1. The van der Waals surface area contributed by atoms with Crippen LogP contribution in [0.2, 0.25) is 0 Å². The van der Waals surface area contributed by atoms with Crippen molar-refractivity contribution in [2.45, 2.75) is 26.3 Å². The maximum atomic E-state index is 11.1. The highest BCUT2D eigenvalue weighted by molar-refractivity contribution is 7.99. The predicted octanol–water partition coefficient (Wildman–Crippen LogP) is 1.04. The highest BCUT2D eigenvalue weighted by Crippen LogP contribution is 2.05. The summed E-state index contributed by atoms with van der Waals surface area (Å²) in [4.78, 5) is 11.1. The first kappa shape index (κ1) is 14.7. The second-order valence-electron chi connectivity index (χ2n) is 2.98. The number of nitrogens with two attached hydrogens (primary N) is 1. The van der Waals surface area contributed by atoms with Crippen LogP contribution in [0.5, 0.6) is 0 Å². The summed E-state index contributed by atoms with van der Waals surface area (Å²) in [5, 5.41) is 0. The molecule has 0 amide bonds. The zero-order chi connectivity index (χ0) is 11.5. The van der Waals surface area contributed by atoms with Crippen LogP contribution in [0.15, 0.2) is 0 Å². The zero-order valence-corrected chi connectivity index (χ0v) is 10.3. The number of esters is 1. The lowest BCUT2D eigenvalue weighted by Crippen LogP contribution is -2.34. The molecule has 0 fully saturated rings. The van der Waals surface area contributed by atoms with Crippen LogP contribution in [-0.2, 0) is 14.3 Å². The van der Waals surface area contributed by atoms with Crippen LogP contribution >= 0.6 is 11.8 Å². The van der Waals surface area contributed by atoms with E-state index < -0.39 is 6.04 Å². The van der Waals surface area contributed by atoms with Gasteiger partial charge in [0.1, 0.15) is 6.04 Å². The molecule has 0 heterocycles. The Bertz CT molecular complexity index is 167. The van der Waals surface area contributed by atoms with Crippen molar-refractivity contribution in [3.05, 3.63) is 0 Å². The van der Waals surface area contributed by atoms with E-state index in [1.807, 2.05) is 6.92 Å². The molecule has 0 aliphatic carbocycles. The Hall–Kier alpha value is -0.260. The SMILES string of the molecule is CCOCCCSCC(N)C(=O)OCC. The summed E-state index contributed by atoms with van der Waals surface area (Å²) in [5.41, 5.74) is 5.62. The molecular formula is C10H21NO3S. The van der Waals surface area contributed by atoms with E-state index in [9.17, 15) is 4.79 Å². The summed E-state index contributed by atoms with van der Waals surface area (Å²) >= 11 is 1.66. The van der Waals surface area contributed by atoms with E-state index in [4.69, 9.17) is 15.2 Å². The molecule has 0 bridgehead atoms. The van der Waals surface area contributed by atoms with E-state index in [0.717, 1.165) is 25.4 Å². The molecule has 0 aliphatic heterocycles. The lowest BCUT2D eigenvalue weighted by Gasteiger charge is -2.09. The van der Waals surface area contributed by atoms with Gasteiger partial charge in [0, 0.05) is 19.0 Å². The molecule has 0 aromatic rings. The number of rotatable bonds is 9. The molecule has 4 nitrogen and oxygen atoms in total. The fraction of sp³-hybridized carbons (Fsp3) is 0.900. The van der Waals surface area contributed by atoms with Gasteiger partial charge in [0.15, 0.2) is 0 Å². The van der Waals surface area contributed by atoms with Crippen LogP contribution in [0.1, 0.15) is 20.3 Å². The minimum atomic E-state index is -0.498. The topological polar surface area (TPSA) is 61.5 Å². The van der Waals surface area contributed by atoms with Gasteiger partial charge in [-0.25, -0.2) is 0 Å². The standard InChI is InChI=1S/C10H21NO3S/c1-3-13-6-5-7-15-8-9(11)10(12)14-4-2/h9H,3-8,11H2,1-2H3. The van der Waals surface area contributed by atoms with Crippen molar-refractivity contribution in [3.63, 3.8) is 0 Å². The monoisotopic (exact) mass is 235 g/mol. The van der Waals surface area contributed by atoms with Gasteiger partial charge in [-0.3, -0.25) is 4.79 Å². The molecule has 0 rings (SSSR count). The van der Waals surface area contributed by atoms with Crippen LogP contribution < -0.4 is 5.73 Å². The molecule has 0 aliphatic rings. The lowest BCUT2D eigenvalue weighted by molar-refractivity contribution is -0.144. The normalized spacial score (nSPS) is 12.5. The number of hydrogen-bond donors (Lipinski definition) is 1. The molecule has 0 saturated carbocycles. The third kappa shape index (κ3) is 8.72. The summed E-state index contributed by atoms with van der Waals surface area (Å²) in [6.45, 7) is 5.68. The molecule has 1 atom stereocenters. The molecule has 0 spiro atoms. The zero-order valence-electron chi connectivity index (χ0n) is 9.53. The van der Waals surface area contributed by atoms with E-state index in [2.05, 4.69) is 0 Å². The van der Waals surface area contributed by atoms with Crippen molar-refractivity contribution < 1.29 is 14.3 Å². The van der Waals surface area contributed by atoms with Crippen molar-refractivity contribution >= 4 is 17.7 Å². The van der Waals surface area contributed by atoms with Crippen molar-refractivity contribution in [2.75, 3.05) is 31.3 Å². The van der Waals surface area contributed by atoms with Gasteiger partial charge in [-0.05, 0) is 26.0 Å². The molecule has 15 heavy (non-hydrogen) atoms. The van der Waals surface area contributed by atoms with Crippen LogP contribution in [0.25, 0.3) is 0 Å². The van der Waals surface area contributed by atoms with E-state index in [1.54, 1.807) is 18.7 Å². The molecular weight excluding hydrogens is 214 g/mol. The smallest absolute Gasteiger partial charge is 0.323 e. The first-order valence-electron chi connectivity index (χ1n) is 5.30. The van der Waals surface area contributed by atoms with Crippen LogP contribution in [-0.4, -0.2) is 43.3 Å². The summed E-state index contributed by atoms with van der Waals surface area (Å²) in [6, 6.07) is -0.498. The minimum absolute atomic E-state index is 0.310. The molecule has 1 unspecified atom stereocenters. The maximum Gasteiger partial charge on any atom is 0.323 e. The van der Waals surface area contributed by atoms with Gasteiger partial charge in [-0.2, -0.15) is 11.8 Å². The fourth-order valence-electron chi connectivity index (χ4n) is 0.935. The van der Waals surface area contributed by atoms with E-state index >= 15 is 0 Å². The Morgan fingerprint density at radius 2 is 2.13 bits per heavy atom. The van der Waals surface area contributed by atoms with Gasteiger partial charge in [-0.15, -0.1) is 0 Å². The van der Waals surface area contributed by atoms with E-state index in [0.29, 0.717) is 12.4 Å². The number of carbonyl (C=O) groups is 1. The number of ether oxygens (including phenoxy) is 2. The van der Waals surface area contributed by atoms with Crippen molar-refractivity contribution in [1.82, 2.24) is 0 Å². The van der Waals surface area contributed by atoms with Crippen LogP contribution in [0.4, 0.5) is 0 Å². The van der Waals surface area contributed by atoms with Crippen LogP contribution in [0, 0.1) is 0 Å². The average molecular weight is 235 g/mol. The van der Waals surface area contributed by atoms with Gasteiger partial charge in [0.25, 0.3) is 0 Å². The molecule has 0 aromatic heterocycles. The number of hydrogen-bond acceptors (Lipinski definition) is 5. The molecule has 90 valence electrons. The summed E-state index contributed by atoms with van der Waals surface area (Å²) in [7, 11) is 0. The summed E-state index contributed by atoms with van der Waals surface area (Å²) < 4.78 is 9.99. The van der Waals surface area contributed by atoms with Gasteiger partial charge in [0.2, 0.25) is 0 Å². The van der Waals surface area contributed by atoms with E-state index in [1.165, 1.54) is 0 Å². The van der Waals surface area contributed by atoms with Crippen LogP contribution in [0.3, 0.4) is 0 Å². The quantitative estimate of drug-likeness (QED) is 0.478. The highest BCUT2D eigenvalue weighted by atomic mass is 32.2. The Kier molecular flexibility index (Phi) is 10.1. The average Bonchev–Trinajstić information content (AvgIpc) is 2.23. The van der Waals surface area contributed by atoms with Crippen molar-refractivity contribution in [3.8, 4) is 0 Å². The summed E-state index contributed by atoms with van der Waals surface area (Å²) in [6.07, 6.45) is 0.994. The second-order valence-corrected chi connectivity index (χ2v) is 4.13. The molecule has 0 saturated heterocycles. The van der Waals surface area contributed by atoms with Crippen molar-refractivity contribution in [1.29, 1.82) is 0 Å². The van der Waals surface area contributed by atoms with Gasteiger partial charge >= 0.3 is 5.97 Å². The minimum Gasteiger partial charge on any atom is -0.465 e. The molecule has 5 heteroatoms. The highest BCUT2D eigenvalue weighted by Gasteiger charge is 2.13. The third-order valence-corrected chi connectivity index (χ3v) is 2.84.